The van der Waals surface area contributed by atoms with Crippen molar-refractivity contribution in [2.75, 3.05) is 0 Å². The minimum absolute atomic E-state index is 1.20. The molecule has 0 bridgehead atoms. The van der Waals surface area contributed by atoms with Gasteiger partial charge in [-0.1, -0.05) is 170 Å². The quantitative estimate of drug-likeness (QED) is 0.153. The molecular weight excluding hydrogens is 729 g/mol. The number of thiophene rings is 1. The van der Waals surface area contributed by atoms with Gasteiger partial charge in [0.2, 0.25) is 0 Å². The summed E-state index contributed by atoms with van der Waals surface area (Å²) < 4.78 is 2.64. The number of hydrogen-bond acceptors (Lipinski definition) is 1. The van der Waals surface area contributed by atoms with E-state index in [0.717, 1.165) is 0 Å². The van der Waals surface area contributed by atoms with Crippen LogP contribution in [0, 0.1) is 0 Å². The zero-order valence-corrected chi connectivity index (χ0v) is 33.0. The van der Waals surface area contributed by atoms with E-state index >= 15 is 0 Å². The van der Waals surface area contributed by atoms with Gasteiger partial charge in [0.05, 0.1) is 0 Å². The van der Waals surface area contributed by atoms with Gasteiger partial charge in [-0.05, 0) is 147 Å². The van der Waals surface area contributed by atoms with Crippen LogP contribution in [0.15, 0.2) is 218 Å². The van der Waals surface area contributed by atoms with Crippen molar-refractivity contribution in [2.24, 2.45) is 0 Å². The predicted molar refractivity (Wildman–Crippen MR) is 257 cm³/mol. The molecule has 0 atom stereocenters. The standard InChI is InChI=1S/C58H36S/c1-3-20-46-41(14-1)35-55(51-24-7-5-22-49(46)51)39-18-11-16-37(30-39)43-32-44(34-45(33-43)48-27-13-28-54-53-26-9-10-29-57(53)59-58(48)54)38-17-12-19-40(31-38)56-36-42-15-2-4-21-47(42)50-23-6-8-25-52(50)56/h1-36H. The second kappa shape index (κ2) is 13.7. The van der Waals surface area contributed by atoms with Gasteiger partial charge in [-0.3, -0.25) is 0 Å². The van der Waals surface area contributed by atoms with Crippen molar-refractivity contribution in [3.8, 4) is 55.6 Å². The summed E-state index contributed by atoms with van der Waals surface area (Å²) in [6.45, 7) is 0. The fourth-order valence-electron chi connectivity index (χ4n) is 9.41. The van der Waals surface area contributed by atoms with E-state index in [0.29, 0.717) is 0 Å². The van der Waals surface area contributed by atoms with Crippen LogP contribution in [0.3, 0.4) is 0 Å². The van der Waals surface area contributed by atoms with E-state index in [1.165, 1.54) is 119 Å². The van der Waals surface area contributed by atoms with Crippen LogP contribution < -0.4 is 0 Å². The normalized spacial score (nSPS) is 11.7. The summed E-state index contributed by atoms with van der Waals surface area (Å²) in [4.78, 5) is 0. The minimum atomic E-state index is 1.20. The monoisotopic (exact) mass is 764 g/mol. The molecule has 0 fully saturated rings. The largest absolute Gasteiger partial charge is 0.135 e. The van der Waals surface area contributed by atoms with Crippen molar-refractivity contribution < 1.29 is 0 Å². The summed E-state index contributed by atoms with van der Waals surface area (Å²) in [5.74, 6) is 0. The fourth-order valence-corrected chi connectivity index (χ4v) is 10.6. The maximum atomic E-state index is 2.40. The van der Waals surface area contributed by atoms with Crippen molar-refractivity contribution in [3.05, 3.63) is 218 Å². The molecule has 0 aliphatic heterocycles. The van der Waals surface area contributed by atoms with Crippen molar-refractivity contribution in [1.29, 1.82) is 0 Å². The highest BCUT2D eigenvalue weighted by Gasteiger charge is 2.16. The first kappa shape index (κ1) is 33.8. The van der Waals surface area contributed by atoms with E-state index in [-0.39, 0.29) is 0 Å². The van der Waals surface area contributed by atoms with E-state index in [2.05, 4.69) is 218 Å². The first-order valence-electron chi connectivity index (χ1n) is 20.3. The Hall–Kier alpha value is -7.32. The maximum Gasteiger partial charge on any atom is 0.0433 e. The van der Waals surface area contributed by atoms with Gasteiger partial charge in [-0.2, -0.15) is 0 Å². The Labute approximate surface area is 346 Å². The molecule has 0 nitrogen and oxygen atoms in total. The molecule has 1 aromatic heterocycles. The van der Waals surface area contributed by atoms with Crippen LogP contribution >= 0.6 is 11.3 Å². The van der Waals surface area contributed by atoms with Crippen LogP contribution in [0.2, 0.25) is 0 Å². The maximum absolute atomic E-state index is 2.40. The van der Waals surface area contributed by atoms with E-state index < -0.39 is 0 Å². The van der Waals surface area contributed by atoms with Gasteiger partial charge in [0.1, 0.15) is 0 Å². The van der Waals surface area contributed by atoms with Crippen molar-refractivity contribution in [1.82, 2.24) is 0 Å². The Morgan fingerprint density at radius 2 is 0.627 bits per heavy atom. The first-order chi connectivity index (χ1) is 29.2. The zero-order valence-electron chi connectivity index (χ0n) is 32.2. The molecule has 0 amide bonds. The highest BCUT2D eigenvalue weighted by molar-refractivity contribution is 7.26. The molecule has 274 valence electrons. The molecular formula is C58H36S. The van der Waals surface area contributed by atoms with Crippen LogP contribution in [0.25, 0.3) is 119 Å². The molecule has 0 N–H and O–H groups in total. The summed E-state index contributed by atoms with van der Waals surface area (Å²) in [5, 5.41) is 12.8. The third kappa shape index (κ3) is 5.66. The Morgan fingerprint density at radius 1 is 0.220 bits per heavy atom. The number of hydrogen-bond donors (Lipinski definition) is 0. The average molecular weight is 765 g/mol. The van der Waals surface area contributed by atoms with Gasteiger partial charge in [0.15, 0.2) is 0 Å². The molecule has 12 aromatic rings. The fraction of sp³-hybridized carbons (Fsp3) is 0. The van der Waals surface area contributed by atoms with Gasteiger partial charge < -0.3 is 0 Å². The van der Waals surface area contributed by atoms with E-state index in [4.69, 9.17) is 0 Å². The molecule has 0 radical (unpaired) electrons. The number of benzene rings is 11. The molecule has 1 heterocycles. The van der Waals surface area contributed by atoms with E-state index in [9.17, 15) is 0 Å². The molecule has 0 aliphatic carbocycles. The van der Waals surface area contributed by atoms with Gasteiger partial charge in [0.25, 0.3) is 0 Å². The molecule has 0 saturated heterocycles. The van der Waals surface area contributed by atoms with Gasteiger partial charge >= 0.3 is 0 Å². The molecule has 0 saturated carbocycles. The lowest BCUT2D eigenvalue weighted by Crippen LogP contribution is -1.89. The van der Waals surface area contributed by atoms with Crippen molar-refractivity contribution >= 4 is 74.6 Å². The zero-order chi connectivity index (χ0) is 38.9. The second-order valence-electron chi connectivity index (χ2n) is 15.6. The Kier molecular flexibility index (Phi) is 7.82. The van der Waals surface area contributed by atoms with Crippen molar-refractivity contribution in [2.45, 2.75) is 0 Å². The lowest BCUT2D eigenvalue weighted by Gasteiger charge is -2.15. The molecule has 59 heavy (non-hydrogen) atoms. The lowest BCUT2D eigenvalue weighted by molar-refractivity contribution is 1.57. The molecule has 0 aliphatic rings. The average Bonchev–Trinajstić information content (AvgIpc) is 3.70. The Morgan fingerprint density at radius 3 is 1.20 bits per heavy atom. The van der Waals surface area contributed by atoms with E-state index in [1.807, 2.05) is 11.3 Å². The summed E-state index contributed by atoms with van der Waals surface area (Å²) in [7, 11) is 0. The lowest BCUT2D eigenvalue weighted by atomic mass is 9.89. The van der Waals surface area contributed by atoms with Crippen LogP contribution in [-0.2, 0) is 0 Å². The van der Waals surface area contributed by atoms with Crippen LogP contribution in [0.1, 0.15) is 0 Å². The van der Waals surface area contributed by atoms with Gasteiger partial charge in [0, 0.05) is 20.2 Å². The second-order valence-corrected chi connectivity index (χ2v) is 16.7. The first-order valence-corrected chi connectivity index (χ1v) is 21.1. The smallest absolute Gasteiger partial charge is 0.0433 e. The highest BCUT2D eigenvalue weighted by atomic mass is 32.1. The van der Waals surface area contributed by atoms with Crippen LogP contribution in [0.4, 0.5) is 0 Å². The number of fused-ring (bicyclic) bond motifs is 9. The Bertz CT molecular complexity index is 3440. The van der Waals surface area contributed by atoms with E-state index in [1.54, 1.807) is 0 Å². The minimum Gasteiger partial charge on any atom is -0.135 e. The Balaban J connectivity index is 1.07. The molecule has 0 spiro atoms. The predicted octanol–water partition coefficient (Wildman–Crippen LogP) is 17.0. The molecule has 12 rings (SSSR count). The summed E-state index contributed by atoms with van der Waals surface area (Å²) in [6.07, 6.45) is 0. The third-order valence-electron chi connectivity index (χ3n) is 12.2. The van der Waals surface area contributed by atoms with Crippen molar-refractivity contribution in [3.63, 3.8) is 0 Å². The summed E-state index contributed by atoms with van der Waals surface area (Å²) in [5.41, 5.74) is 12.2. The summed E-state index contributed by atoms with van der Waals surface area (Å²) >= 11 is 1.89. The molecule has 0 unspecified atom stereocenters. The topological polar surface area (TPSA) is 0 Å². The van der Waals surface area contributed by atoms with Crippen LogP contribution in [-0.4, -0.2) is 0 Å². The third-order valence-corrected chi connectivity index (χ3v) is 13.4. The van der Waals surface area contributed by atoms with Gasteiger partial charge in [-0.25, -0.2) is 0 Å². The number of rotatable bonds is 5. The van der Waals surface area contributed by atoms with Gasteiger partial charge in [-0.15, -0.1) is 11.3 Å². The van der Waals surface area contributed by atoms with Crippen LogP contribution in [0.5, 0.6) is 0 Å². The SMILES string of the molecule is c1cc(-c2cc(-c3cccc(-c4cc5ccccc5c5ccccc45)c3)cc(-c3cccc4c3sc3ccccc34)c2)cc(-c2cc3ccccc3c3ccccc23)c1. The molecule has 11 aromatic carbocycles. The highest BCUT2D eigenvalue weighted by Crippen LogP contribution is 2.44. The summed E-state index contributed by atoms with van der Waals surface area (Å²) in [6, 6.07) is 80.9. The molecule has 1 heteroatoms.